The summed E-state index contributed by atoms with van der Waals surface area (Å²) in [5.41, 5.74) is 4.65. The van der Waals surface area contributed by atoms with Gasteiger partial charge in [-0.1, -0.05) is 12.1 Å². The highest BCUT2D eigenvalue weighted by Crippen LogP contribution is 2.55. The minimum absolute atomic E-state index is 0.499. The molecule has 0 aliphatic heterocycles. The van der Waals surface area contributed by atoms with E-state index in [2.05, 4.69) is 4.74 Å². The Hall–Kier alpha value is -2.21. The largest absolute Gasteiger partial charge is 0.460 e. The first-order chi connectivity index (χ1) is 11.1. The minimum atomic E-state index is -7.37. The van der Waals surface area contributed by atoms with Crippen LogP contribution < -0.4 is 10.5 Å². The summed E-state index contributed by atoms with van der Waals surface area (Å²) in [5, 5.41) is 0. The highest BCUT2D eigenvalue weighted by Gasteiger charge is 2.83. The van der Waals surface area contributed by atoms with Gasteiger partial charge in [-0.3, -0.25) is 0 Å². The number of hydrogen-bond acceptors (Lipinski definition) is 2. The average Bonchev–Trinajstić information content (AvgIpc) is 2.47. The van der Waals surface area contributed by atoms with Crippen molar-refractivity contribution < 1.29 is 53.0 Å². The maximum atomic E-state index is 13.3. The van der Waals surface area contributed by atoms with Crippen molar-refractivity contribution in [2.75, 3.05) is 5.73 Å². The molecule has 0 saturated heterocycles. The minimum Gasteiger partial charge on any atom is -0.427 e. The Morgan fingerprint density at radius 1 is 0.800 bits per heavy atom. The first-order valence-corrected chi connectivity index (χ1v) is 5.85. The maximum absolute atomic E-state index is 13.3. The Morgan fingerprint density at radius 3 is 1.72 bits per heavy atom. The van der Waals surface area contributed by atoms with Crippen molar-refractivity contribution in [3.8, 4) is 5.75 Å². The molecule has 0 spiro atoms. The van der Waals surface area contributed by atoms with Gasteiger partial charge in [-0.15, -0.1) is 0 Å². The predicted octanol–water partition coefficient (Wildman–Crippen LogP) is 5.22. The van der Waals surface area contributed by atoms with E-state index in [1.54, 1.807) is 0 Å². The summed E-state index contributed by atoms with van der Waals surface area (Å²) in [4.78, 5) is 0. The lowest BCUT2D eigenvalue weighted by molar-refractivity contribution is -0.392. The Morgan fingerprint density at radius 2 is 1.28 bits per heavy atom. The molecule has 2 N–H and O–H groups in total. The van der Waals surface area contributed by atoms with Gasteiger partial charge in [-0.2, -0.15) is 48.3 Å². The van der Waals surface area contributed by atoms with E-state index in [-0.39, 0.29) is 0 Å². The number of halogens is 11. The Bertz CT molecular complexity index is 665. The summed E-state index contributed by atoms with van der Waals surface area (Å²) in [6.07, 6.45) is -7.17. The molecule has 0 aliphatic rings. The molecule has 1 aromatic rings. The maximum Gasteiger partial charge on any atom is 0.460 e. The SMILES string of the molecule is Nc1ccccc1OC(F)=C(F)C(F)(F)C(F)(F)C(F)(F)C(F)(F)F. The first kappa shape index (κ1) is 20.8. The van der Waals surface area contributed by atoms with Crippen molar-refractivity contribution in [1.82, 2.24) is 0 Å². The van der Waals surface area contributed by atoms with Gasteiger partial charge in [0.2, 0.25) is 5.83 Å². The molecule has 13 heteroatoms. The molecular weight excluding hydrogens is 383 g/mol. The van der Waals surface area contributed by atoms with Crippen molar-refractivity contribution >= 4 is 5.69 Å². The zero-order valence-corrected chi connectivity index (χ0v) is 11.5. The van der Waals surface area contributed by atoms with Crippen LogP contribution in [0, 0.1) is 0 Å². The number of hydrogen-bond donors (Lipinski definition) is 1. The fourth-order valence-electron chi connectivity index (χ4n) is 1.35. The normalized spacial score (nSPS) is 15.0. The van der Waals surface area contributed by atoms with Crippen molar-refractivity contribution in [3.05, 3.63) is 36.1 Å². The fraction of sp³-hybridized carbons (Fsp3) is 0.333. The van der Waals surface area contributed by atoms with E-state index in [9.17, 15) is 48.3 Å². The summed E-state index contributed by atoms with van der Waals surface area (Å²) < 4.78 is 143. The molecule has 1 rings (SSSR count). The second-order valence-corrected chi connectivity index (χ2v) is 4.45. The van der Waals surface area contributed by atoms with Gasteiger partial charge in [0.1, 0.15) is 0 Å². The topological polar surface area (TPSA) is 35.2 Å². The molecule has 142 valence electrons. The molecule has 0 saturated carbocycles. The third-order valence-corrected chi connectivity index (χ3v) is 2.71. The van der Waals surface area contributed by atoms with E-state index in [0.717, 1.165) is 18.2 Å². The van der Waals surface area contributed by atoms with Crippen LogP contribution in [0.25, 0.3) is 0 Å². The Kier molecular flexibility index (Phi) is 5.22. The van der Waals surface area contributed by atoms with Gasteiger partial charge in [0.15, 0.2) is 5.75 Å². The van der Waals surface area contributed by atoms with Crippen LogP contribution >= 0.6 is 0 Å². The molecule has 0 aromatic heterocycles. The Labute approximate surface area is 131 Å². The number of nitrogens with two attached hydrogens (primary N) is 1. The van der Waals surface area contributed by atoms with Crippen molar-refractivity contribution in [3.63, 3.8) is 0 Å². The van der Waals surface area contributed by atoms with E-state index in [4.69, 9.17) is 5.73 Å². The summed E-state index contributed by atoms with van der Waals surface area (Å²) >= 11 is 0. The van der Waals surface area contributed by atoms with Gasteiger partial charge in [0, 0.05) is 0 Å². The molecule has 0 heterocycles. The van der Waals surface area contributed by atoms with Gasteiger partial charge in [0.25, 0.3) is 0 Å². The van der Waals surface area contributed by atoms with Gasteiger partial charge in [0.05, 0.1) is 5.69 Å². The fourth-order valence-corrected chi connectivity index (χ4v) is 1.35. The number of allylic oxidation sites excluding steroid dienone is 1. The van der Waals surface area contributed by atoms with Crippen LogP contribution in [0.4, 0.5) is 54.0 Å². The van der Waals surface area contributed by atoms with Crippen LogP contribution in [-0.4, -0.2) is 23.9 Å². The van der Waals surface area contributed by atoms with Crippen LogP contribution in [0.1, 0.15) is 0 Å². The number of ether oxygens (including phenoxy) is 1. The number of rotatable bonds is 5. The zero-order chi connectivity index (χ0) is 19.8. The van der Waals surface area contributed by atoms with Gasteiger partial charge in [-0.25, -0.2) is 0 Å². The standard InChI is InChI=1S/C12H6F11NO/c13-7(8(14)25-6-4-2-1-3-5(6)24)9(15,16)10(17,18)11(19,20)12(21,22)23/h1-4H,24H2. The highest BCUT2D eigenvalue weighted by molar-refractivity contribution is 5.52. The summed E-state index contributed by atoms with van der Waals surface area (Å²) in [6.45, 7) is 0. The van der Waals surface area contributed by atoms with Gasteiger partial charge in [-0.05, 0) is 12.1 Å². The molecule has 25 heavy (non-hydrogen) atoms. The molecule has 0 aliphatic carbocycles. The summed E-state index contributed by atoms with van der Waals surface area (Å²) in [6, 6.07) is 0.836. The lowest BCUT2D eigenvalue weighted by Crippen LogP contribution is -2.61. The van der Waals surface area contributed by atoms with E-state index in [1.807, 2.05) is 0 Å². The zero-order valence-electron chi connectivity index (χ0n) is 11.5. The predicted molar refractivity (Wildman–Crippen MR) is 61.6 cm³/mol. The summed E-state index contributed by atoms with van der Waals surface area (Å²) in [7, 11) is 0. The van der Waals surface area contributed by atoms with E-state index < -0.39 is 47.2 Å². The molecule has 0 amide bonds. The molecule has 0 unspecified atom stereocenters. The third-order valence-electron chi connectivity index (χ3n) is 2.71. The summed E-state index contributed by atoms with van der Waals surface area (Å²) in [5.74, 6) is -26.5. The van der Waals surface area contributed by atoms with Crippen LogP contribution in [0.15, 0.2) is 36.1 Å². The van der Waals surface area contributed by atoms with Crippen molar-refractivity contribution in [2.45, 2.75) is 23.9 Å². The molecule has 0 radical (unpaired) electrons. The molecule has 0 bridgehead atoms. The van der Waals surface area contributed by atoms with E-state index in [1.165, 1.54) is 6.07 Å². The first-order valence-electron chi connectivity index (χ1n) is 5.85. The third kappa shape index (κ3) is 3.44. The monoisotopic (exact) mass is 389 g/mol. The van der Waals surface area contributed by atoms with E-state index >= 15 is 0 Å². The van der Waals surface area contributed by atoms with Crippen LogP contribution in [0.5, 0.6) is 5.75 Å². The number of para-hydroxylation sites is 2. The lowest BCUT2D eigenvalue weighted by atomic mass is 10.0. The van der Waals surface area contributed by atoms with Gasteiger partial charge >= 0.3 is 30.0 Å². The molecule has 0 fully saturated rings. The molecule has 1 aromatic carbocycles. The molecular formula is C12H6F11NO. The van der Waals surface area contributed by atoms with Crippen LogP contribution in [0.3, 0.4) is 0 Å². The number of nitrogen functional groups attached to an aromatic ring is 1. The average molecular weight is 389 g/mol. The molecule has 0 atom stereocenters. The number of alkyl halides is 9. The second-order valence-electron chi connectivity index (χ2n) is 4.45. The van der Waals surface area contributed by atoms with Crippen LogP contribution in [0.2, 0.25) is 0 Å². The van der Waals surface area contributed by atoms with E-state index in [0.29, 0.717) is 0 Å². The Balaban J connectivity index is 3.33. The van der Waals surface area contributed by atoms with Crippen LogP contribution in [-0.2, 0) is 0 Å². The number of benzene rings is 1. The quantitative estimate of drug-likeness (QED) is 0.426. The van der Waals surface area contributed by atoms with Crippen molar-refractivity contribution in [1.29, 1.82) is 0 Å². The smallest absolute Gasteiger partial charge is 0.427 e. The highest BCUT2D eigenvalue weighted by atomic mass is 19.4. The van der Waals surface area contributed by atoms with Gasteiger partial charge < -0.3 is 10.5 Å². The number of anilines is 1. The lowest BCUT2D eigenvalue weighted by Gasteiger charge is -2.32. The van der Waals surface area contributed by atoms with Crippen molar-refractivity contribution in [2.24, 2.45) is 0 Å². The molecule has 2 nitrogen and oxygen atoms in total. The second kappa shape index (κ2) is 6.26.